The fraction of sp³-hybridized carbons (Fsp3) is 0.417. The van der Waals surface area contributed by atoms with Crippen molar-refractivity contribution in [3.63, 3.8) is 0 Å². The number of aromatic nitrogens is 2. The molecule has 0 aromatic carbocycles. The van der Waals surface area contributed by atoms with Gasteiger partial charge in [0.1, 0.15) is 10.5 Å². The van der Waals surface area contributed by atoms with Crippen molar-refractivity contribution in [1.29, 1.82) is 0 Å². The SMILES string of the molecule is CO[C@H]1CNCC1NS(=O)(=O)c1c[nH]c2ncccc12. The first kappa shape index (κ1) is 13.5. The number of rotatable bonds is 4. The lowest BCUT2D eigenvalue weighted by Gasteiger charge is -2.18. The highest BCUT2D eigenvalue weighted by Crippen LogP contribution is 2.21. The molecule has 7 nitrogen and oxygen atoms in total. The normalized spacial score (nSPS) is 23.4. The smallest absolute Gasteiger partial charge is 0.243 e. The Morgan fingerprint density at radius 2 is 2.30 bits per heavy atom. The highest BCUT2D eigenvalue weighted by atomic mass is 32.2. The van der Waals surface area contributed by atoms with Crippen molar-refractivity contribution in [3.05, 3.63) is 24.5 Å². The number of hydrogen-bond acceptors (Lipinski definition) is 5. The molecule has 2 atom stereocenters. The third-order valence-corrected chi connectivity index (χ3v) is 5.00. The highest BCUT2D eigenvalue weighted by molar-refractivity contribution is 7.89. The van der Waals surface area contributed by atoms with Crippen LogP contribution in [0.2, 0.25) is 0 Å². The summed E-state index contributed by atoms with van der Waals surface area (Å²) in [6.45, 7) is 1.19. The van der Waals surface area contributed by atoms with Crippen molar-refractivity contribution in [2.75, 3.05) is 20.2 Å². The number of fused-ring (bicyclic) bond motifs is 1. The van der Waals surface area contributed by atoms with Gasteiger partial charge in [0.05, 0.1) is 12.1 Å². The molecule has 3 N–H and O–H groups in total. The standard InChI is InChI=1S/C12H16N4O3S/c1-19-10-6-13-5-9(10)16-20(17,18)11-7-15-12-8(11)3-2-4-14-12/h2-4,7,9-10,13,16H,5-6H2,1H3,(H,14,15)/t9?,10-/m0/s1. The van der Waals surface area contributed by atoms with Crippen molar-refractivity contribution in [2.24, 2.45) is 0 Å². The molecule has 0 saturated carbocycles. The molecule has 0 bridgehead atoms. The third kappa shape index (κ3) is 2.31. The van der Waals surface area contributed by atoms with Gasteiger partial charge in [-0.15, -0.1) is 0 Å². The van der Waals surface area contributed by atoms with Crippen molar-refractivity contribution in [3.8, 4) is 0 Å². The Hall–Kier alpha value is -1.48. The number of methoxy groups -OCH3 is 1. The molecule has 1 aliphatic heterocycles. The Morgan fingerprint density at radius 1 is 1.45 bits per heavy atom. The van der Waals surface area contributed by atoms with Crippen LogP contribution < -0.4 is 10.0 Å². The molecule has 20 heavy (non-hydrogen) atoms. The van der Waals surface area contributed by atoms with E-state index >= 15 is 0 Å². The van der Waals surface area contributed by atoms with E-state index in [2.05, 4.69) is 20.0 Å². The van der Waals surface area contributed by atoms with E-state index in [0.29, 0.717) is 24.1 Å². The Kier molecular flexibility index (Phi) is 3.47. The molecule has 108 valence electrons. The van der Waals surface area contributed by atoms with Crippen LogP contribution in [-0.4, -0.2) is 50.7 Å². The van der Waals surface area contributed by atoms with Gasteiger partial charge >= 0.3 is 0 Å². The Bertz CT molecular complexity index is 712. The summed E-state index contributed by atoms with van der Waals surface area (Å²) in [6, 6.07) is 3.17. The van der Waals surface area contributed by atoms with Crippen molar-refractivity contribution in [1.82, 2.24) is 20.0 Å². The second kappa shape index (κ2) is 5.13. The van der Waals surface area contributed by atoms with Crippen molar-refractivity contribution >= 4 is 21.1 Å². The lowest BCUT2D eigenvalue weighted by atomic mass is 10.2. The Morgan fingerprint density at radius 3 is 3.10 bits per heavy atom. The van der Waals surface area contributed by atoms with Gasteiger partial charge in [0.2, 0.25) is 10.0 Å². The molecule has 1 saturated heterocycles. The molecule has 0 aliphatic carbocycles. The van der Waals surface area contributed by atoms with Gasteiger partial charge in [0.25, 0.3) is 0 Å². The van der Waals surface area contributed by atoms with Crippen LogP contribution in [0.15, 0.2) is 29.4 Å². The number of hydrogen-bond donors (Lipinski definition) is 3. The topological polar surface area (TPSA) is 96.1 Å². The van der Waals surface area contributed by atoms with E-state index in [9.17, 15) is 8.42 Å². The minimum atomic E-state index is -3.61. The van der Waals surface area contributed by atoms with E-state index in [1.165, 1.54) is 6.20 Å². The number of ether oxygens (including phenoxy) is 1. The number of aromatic amines is 1. The molecule has 3 rings (SSSR count). The van der Waals surface area contributed by atoms with Gasteiger partial charge in [-0.3, -0.25) is 0 Å². The van der Waals surface area contributed by atoms with Crippen LogP contribution in [0.4, 0.5) is 0 Å². The third-order valence-electron chi connectivity index (χ3n) is 3.47. The zero-order chi connectivity index (χ0) is 14.2. The average molecular weight is 296 g/mol. The lowest BCUT2D eigenvalue weighted by molar-refractivity contribution is 0.103. The molecule has 2 aromatic rings. The van der Waals surface area contributed by atoms with Crippen LogP contribution in [0.5, 0.6) is 0 Å². The van der Waals surface area contributed by atoms with Crippen LogP contribution in [0, 0.1) is 0 Å². The van der Waals surface area contributed by atoms with Crippen LogP contribution in [0.1, 0.15) is 0 Å². The zero-order valence-corrected chi connectivity index (χ0v) is 11.8. The predicted molar refractivity (Wildman–Crippen MR) is 73.9 cm³/mol. The van der Waals surface area contributed by atoms with Gasteiger partial charge in [-0.2, -0.15) is 0 Å². The second-order valence-electron chi connectivity index (χ2n) is 4.71. The van der Waals surface area contributed by atoms with Gasteiger partial charge in [-0.1, -0.05) is 0 Å². The summed E-state index contributed by atoms with van der Waals surface area (Å²) in [7, 11) is -2.03. The number of pyridine rings is 1. The van der Waals surface area contributed by atoms with Crippen LogP contribution in [-0.2, 0) is 14.8 Å². The fourth-order valence-corrected chi connectivity index (χ4v) is 3.86. The molecule has 2 aromatic heterocycles. The Labute approximate surface area is 116 Å². The summed E-state index contributed by atoms with van der Waals surface area (Å²) >= 11 is 0. The molecular weight excluding hydrogens is 280 g/mol. The summed E-state index contributed by atoms with van der Waals surface area (Å²) in [5.74, 6) is 0. The van der Waals surface area contributed by atoms with E-state index in [0.717, 1.165) is 0 Å². The average Bonchev–Trinajstić information content (AvgIpc) is 3.04. The summed E-state index contributed by atoms with van der Waals surface area (Å²) < 4.78 is 32.9. The number of sulfonamides is 1. The van der Waals surface area contributed by atoms with Crippen LogP contribution in [0.3, 0.4) is 0 Å². The van der Waals surface area contributed by atoms with Gasteiger partial charge in [-0.05, 0) is 12.1 Å². The first-order chi connectivity index (χ1) is 9.62. The summed E-state index contributed by atoms with van der Waals surface area (Å²) in [5, 5.41) is 3.69. The summed E-state index contributed by atoms with van der Waals surface area (Å²) in [6.07, 6.45) is 2.92. The molecule has 0 spiro atoms. The molecule has 0 radical (unpaired) electrons. The quantitative estimate of drug-likeness (QED) is 0.728. The van der Waals surface area contributed by atoms with Crippen molar-refractivity contribution < 1.29 is 13.2 Å². The fourth-order valence-electron chi connectivity index (χ4n) is 2.44. The molecule has 1 unspecified atom stereocenters. The van der Waals surface area contributed by atoms with E-state index in [1.807, 2.05) is 0 Å². The highest BCUT2D eigenvalue weighted by Gasteiger charge is 2.32. The maximum absolute atomic E-state index is 12.5. The van der Waals surface area contributed by atoms with E-state index < -0.39 is 10.0 Å². The number of nitrogens with one attached hydrogen (secondary N) is 3. The molecule has 8 heteroatoms. The maximum Gasteiger partial charge on any atom is 0.243 e. The van der Waals surface area contributed by atoms with E-state index in [-0.39, 0.29) is 17.0 Å². The van der Waals surface area contributed by atoms with Crippen molar-refractivity contribution in [2.45, 2.75) is 17.0 Å². The largest absolute Gasteiger partial charge is 0.378 e. The van der Waals surface area contributed by atoms with Gasteiger partial charge < -0.3 is 15.0 Å². The first-order valence-electron chi connectivity index (χ1n) is 6.30. The molecular formula is C12H16N4O3S. The maximum atomic E-state index is 12.5. The summed E-state index contributed by atoms with van der Waals surface area (Å²) in [5.41, 5.74) is 0.556. The second-order valence-corrected chi connectivity index (χ2v) is 6.40. The van der Waals surface area contributed by atoms with Gasteiger partial charge in [0, 0.05) is 38.0 Å². The van der Waals surface area contributed by atoms with Crippen LogP contribution >= 0.6 is 0 Å². The lowest BCUT2D eigenvalue weighted by Crippen LogP contribution is -2.43. The molecule has 1 aliphatic rings. The monoisotopic (exact) mass is 296 g/mol. The summed E-state index contributed by atoms with van der Waals surface area (Å²) in [4.78, 5) is 7.17. The Balaban J connectivity index is 1.92. The minimum Gasteiger partial charge on any atom is -0.378 e. The van der Waals surface area contributed by atoms with Gasteiger partial charge in [0.15, 0.2) is 0 Å². The van der Waals surface area contributed by atoms with Crippen LogP contribution in [0.25, 0.3) is 11.0 Å². The zero-order valence-electron chi connectivity index (χ0n) is 11.0. The predicted octanol–water partition coefficient (Wildman–Crippen LogP) is -0.172. The molecule has 3 heterocycles. The van der Waals surface area contributed by atoms with Gasteiger partial charge in [-0.25, -0.2) is 18.1 Å². The number of nitrogens with zero attached hydrogens (tertiary/aromatic N) is 1. The molecule has 1 fully saturated rings. The minimum absolute atomic E-state index is 0.159. The van der Waals surface area contributed by atoms with E-state index in [1.54, 1.807) is 25.4 Å². The molecule has 0 amide bonds. The van der Waals surface area contributed by atoms with E-state index in [4.69, 9.17) is 4.74 Å². The first-order valence-corrected chi connectivity index (χ1v) is 7.78. The number of H-pyrrole nitrogens is 1.